The Hall–Kier alpha value is -1.75. The molecule has 5 N–H and O–H groups in total. The molecule has 0 radical (unpaired) electrons. The van der Waals surface area contributed by atoms with Gasteiger partial charge in [0.05, 0.1) is 13.2 Å². The van der Waals surface area contributed by atoms with Crippen LogP contribution in [0.2, 0.25) is 5.02 Å². The smallest absolute Gasteiger partial charge is 0.122 e. The third kappa shape index (κ3) is 3.67. The molecule has 2 aromatic rings. The molecule has 0 amide bonds. The van der Waals surface area contributed by atoms with Gasteiger partial charge in [-0.3, -0.25) is 11.3 Å². The van der Waals surface area contributed by atoms with Gasteiger partial charge < -0.3 is 10.5 Å². The Bertz CT molecular complexity index is 631. The zero-order valence-electron chi connectivity index (χ0n) is 12.2. The van der Waals surface area contributed by atoms with Gasteiger partial charge >= 0.3 is 0 Å². The van der Waals surface area contributed by atoms with Crippen molar-refractivity contribution >= 4 is 17.3 Å². The lowest BCUT2D eigenvalue weighted by atomic mass is 9.96. The molecule has 0 aliphatic heterocycles. The van der Waals surface area contributed by atoms with Crippen molar-refractivity contribution in [3.63, 3.8) is 0 Å². The largest absolute Gasteiger partial charge is 0.496 e. The van der Waals surface area contributed by atoms with E-state index >= 15 is 0 Å². The lowest BCUT2D eigenvalue weighted by Crippen LogP contribution is -2.30. The summed E-state index contributed by atoms with van der Waals surface area (Å²) in [4.78, 5) is 0. The van der Waals surface area contributed by atoms with Gasteiger partial charge in [0.15, 0.2) is 0 Å². The van der Waals surface area contributed by atoms with E-state index in [2.05, 4.69) is 11.5 Å². The third-order valence-electron chi connectivity index (χ3n) is 3.49. The molecule has 0 aliphatic carbocycles. The zero-order valence-corrected chi connectivity index (χ0v) is 12.9. The molecule has 0 saturated carbocycles. The number of hydrogen-bond acceptors (Lipinski definition) is 4. The number of methoxy groups -OCH3 is 1. The van der Waals surface area contributed by atoms with Crippen molar-refractivity contribution in [2.45, 2.75) is 19.4 Å². The van der Waals surface area contributed by atoms with Crippen molar-refractivity contribution in [3.8, 4) is 5.75 Å². The van der Waals surface area contributed by atoms with Gasteiger partial charge in [0, 0.05) is 10.7 Å². The summed E-state index contributed by atoms with van der Waals surface area (Å²) < 4.78 is 5.41. The zero-order chi connectivity index (χ0) is 15.4. The topological polar surface area (TPSA) is 73.3 Å². The molecule has 0 saturated heterocycles. The number of aryl methyl sites for hydroxylation is 1. The first-order valence-corrected chi connectivity index (χ1v) is 7.07. The first-order chi connectivity index (χ1) is 10.0. The van der Waals surface area contributed by atoms with Crippen molar-refractivity contribution in [3.05, 3.63) is 58.1 Å². The molecular weight excluding hydrogens is 286 g/mol. The van der Waals surface area contributed by atoms with Crippen molar-refractivity contribution in [1.29, 1.82) is 0 Å². The minimum absolute atomic E-state index is 0.113. The van der Waals surface area contributed by atoms with Gasteiger partial charge in [-0.15, -0.1) is 0 Å². The van der Waals surface area contributed by atoms with Crippen LogP contribution in [0.4, 0.5) is 5.69 Å². The van der Waals surface area contributed by atoms with Crippen molar-refractivity contribution < 1.29 is 4.74 Å². The highest BCUT2D eigenvalue weighted by Gasteiger charge is 2.16. The molecule has 112 valence electrons. The van der Waals surface area contributed by atoms with Crippen LogP contribution in [0.15, 0.2) is 36.4 Å². The second-order valence-electron chi connectivity index (χ2n) is 5.01. The van der Waals surface area contributed by atoms with E-state index in [0.717, 1.165) is 16.9 Å². The minimum atomic E-state index is -0.113. The fourth-order valence-electron chi connectivity index (χ4n) is 2.41. The number of hydrogen-bond donors (Lipinski definition) is 3. The normalized spacial score (nSPS) is 12.2. The van der Waals surface area contributed by atoms with Crippen LogP contribution in [0.1, 0.15) is 22.7 Å². The van der Waals surface area contributed by atoms with Gasteiger partial charge in [-0.1, -0.05) is 35.4 Å². The highest BCUT2D eigenvalue weighted by atomic mass is 35.5. The number of nitrogens with two attached hydrogens (primary N) is 2. The molecule has 0 aromatic heterocycles. The molecule has 1 unspecified atom stereocenters. The van der Waals surface area contributed by atoms with Crippen molar-refractivity contribution in [2.24, 2.45) is 5.84 Å². The maximum Gasteiger partial charge on any atom is 0.122 e. The molecular formula is C16H20ClN3O. The van der Waals surface area contributed by atoms with E-state index < -0.39 is 0 Å². The molecule has 1 atom stereocenters. The van der Waals surface area contributed by atoms with E-state index in [1.54, 1.807) is 13.2 Å². The molecule has 0 aliphatic rings. The predicted octanol–water partition coefficient (Wildman–Crippen LogP) is 2.99. The van der Waals surface area contributed by atoms with E-state index in [1.165, 1.54) is 5.56 Å². The first kappa shape index (κ1) is 15.6. The Kier molecular flexibility index (Phi) is 5.07. The fourth-order valence-corrected chi connectivity index (χ4v) is 2.59. The van der Waals surface area contributed by atoms with Crippen molar-refractivity contribution in [1.82, 2.24) is 5.43 Å². The van der Waals surface area contributed by atoms with Crippen LogP contribution in [0, 0.1) is 6.92 Å². The van der Waals surface area contributed by atoms with Crippen LogP contribution in [0.5, 0.6) is 5.75 Å². The number of anilines is 1. The number of nitrogens with one attached hydrogen (secondary N) is 1. The summed E-state index contributed by atoms with van der Waals surface area (Å²) in [6.07, 6.45) is 0.674. The van der Waals surface area contributed by atoms with Crippen LogP contribution >= 0.6 is 11.6 Å². The van der Waals surface area contributed by atoms with Crippen LogP contribution in [-0.4, -0.2) is 7.11 Å². The standard InChI is InChI=1S/C16H20ClN3O/c1-10-3-6-16(21-2)11(7-10)8-15(20-19)13-5-4-12(17)9-14(13)18/h3-7,9,15,20H,8,18-19H2,1-2H3. The summed E-state index contributed by atoms with van der Waals surface area (Å²) in [7, 11) is 1.66. The van der Waals surface area contributed by atoms with Crippen LogP contribution in [0.25, 0.3) is 0 Å². The van der Waals surface area contributed by atoms with Crippen LogP contribution < -0.4 is 21.7 Å². The monoisotopic (exact) mass is 305 g/mol. The van der Waals surface area contributed by atoms with Crippen molar-refractivity contribution in [2.75, 3.05) is 12.8 Å². The number of hydrazine groups is 1. The molecule has 2 aromatic carbocycles. The molecule has 5 heteroatoms. The molecule has 4 nitrogen and oxygen atoms in total. The average molecular weight is 306 g/mol. The summed E-state index contributed by atoms with van der Waals surface area (Å²) in [5.41, 5.74) is 12.7. The lowest BCUT2D eigenvalue weighted by molar-refractivity contribution is 0.405. The van der Waals surface area contributed by atoms with Gasteiger partial charge in [-0.2, -0.15) is 0 Å². The van der Waals surface area contributed by atoms with E-state index in [9.17, 15) is 0 Å². The minimum Gasteiger partial charge on any atom is -0.496 e. The second kappa shape index (κ2) is 6.80. The quantitative estimate of drug-likeness (QED) is 0.451. The number of nitrogen functional groups attached to an aromatic ring is 1. The summed E-state index contributed by atoms with van der Waals surface area (Å²) in [5, 5.41) is 0.611. The average Bonchev–Trinajstić information content (AvgIpc) is 2.45. The Morgan fingerprint density at radius 2 is 2.00 bits per heavy atom. The SMILES string of the molecule is COc1ccc(C)cc1CC(NN)c1ccc(Cl)cc1N. The Morgan fingerprint density at radius 1 is 1.24 bits per heavy atom. The van der Waals surface area contributed by atoms with E-state index in [-0.39, 0.29) is 6.04 Å². The Labute approximate surface area is 130 Å². The summed E-state index contributed by atoms with van der Waals surface area (Å²) in [5.74, 6) is 6.55. The molecule has 0 fully saturated rings. The second-order valence-corrected chi connectivity index (χ2v) is 5.45. The molecule has 2 rings (SSSR count). The lowest BCUT2D eigenvalue weighted by Gasteiger charge is -2.20. The Morgan fingerprint density at radius 3 is 2.62 bits per heavy atom. The van der Waals surface area contributed by atoms with E-state index in [1.807, 2.05) is 31.2 Å². The highest BCUT2D eigenvalue weighted by molar-refractivity contribution is 6.30. The van der Waals surface area contributed by atoms with Gasteiger partial charge in [-0.05, 0) is 42.7 Å². The van der Waals surface area contributed by atoms with Crippen LogP contribution in [-0.2, 0) is 6.42 Å². The molecule has 0 bridgehead atoms. The Balaban J connectivity index is 2.33. The number of rotatable bonds is 5. The maximum absolute atomic E-state index is 6.04. The summed E-state index contributed by atoms with van der Waals surface area (Å²) >= 11 is 5.94. The first-order valence-electron chi connectivity index (χ1n) is 6.69. The molecule has 0 spiro atoms. The maximum atomic E-state index is 6.04. The summed E-state index contributed by atoms with van der Waals surface area (Å²) in [6.45, 7) is 2.05. The van der Waals surface area contributed by atoms with E-state index in [4.69, 9.17) is 27.9 Å². The fraction of sp³-hybridized carbons (Fsp3) is 0.250. The number of ether oxygens (including phenoxy) is 1. The van der Waals surface area contributed by atoms with E-state index in [0.29, 0.717) is 17.1 Å². The number of halogens is 1. The van der Waals surface area contributed by atoms with Gasteiger partial charge in [0.25, 0.3) is 0 Å². The number of benzene rings is 2. The predicted molar refractivity (Wildman–Crippen MR) is 87.4 cm³/mol. The third-order valence-corrected chi connectivity index (χ3v) is 3.72. The highest BCUT2D eigenvalue weighted by Crippen LogP contribution is 2.29. The van der Waals surface area contributed by atoms with Gasteiger partial charge in [-0.25, -0.2) is 0 Å². The summed E-state index contributed by atoms with van der Waals surface area (Å²) in [6, 6.07) is 11.4. The van der Waals surface area contributed by atoms with Gasteiger partial charge in [0.1, 0.15) is 5.75 Å². The molecule has 21 heavy (non-hydrogen) atoms. The van der Waals surface area contributed by atoms with Gasteiger partial charge in [0.2, 0.25) is 0 Å². The molecule has 0 heterocycles. The van der Waals surface area contributed by atoms with Crippen LogP contribution in [0.3, 0.4) is 0 Å².